The van der Waals surface area contributed by atoms with E-state index in [9.17, 15) is 18.0 Å². The minimum atomic E-state index is -4.75. The maximum Gasteiger partial charge on any atom is 0.421 e. The smallest absolute Gasteiger partial charge is 0.368 e. The molecule has 1 aliphatic carbocycles. The minimum Gasteiger partial charge on any atom is -0.368 e. The Morgan fingerprint density at radius 1 is 1.28 bits per heavy atom. The molecule has 8 nitrogen and oxygen atoms in total. The Kier molecular flexibility index (Phi) is 4.09. The van der Waals surface area contributed by atoms with E-state index in [1.54, 1.807) is 19.0 Å². The van der Waals surface area contributed by atoms with Crippen LogP contribution in [0, 0.1) is 0 Å². The van der Waals surface area contributed by atoms with Gasteiger partial charge in [-0.3, -0.25) is 4.79 Å². The van der Waals surface area contributed by atoms with Gasteiger partial charge in [0.25, 0.3) is 5.56 Å². The van der Waals surface area contributed by atoms with Crippen LogP contribution < -0.4 is 16.2 Å². The molecule has 0 amide bonds. The molecule has 0 atom stereocenters. The highest BCUT2D eigenvalue weighted by atomic mass is 19.4. The van der Waals surface area contributed by atoms with E-state index in [1.807, 2.05) is 0 Å². The lowest BCUT2D eigenvalue weighted by molar-refractivity contribution is -0.139. The van der Waals surface area contributed by atoms with Crippen LogP contribution in [-0.2, 0) is 12.7 Å². The van der Waals surface area contributed by atoms with Gasteiger partial charge in [-0.15, -0.1) is 0 Å². The van der Waals surface area contributed by atoms with E-state index in [1.165, 1.54) is 0 Å². The van der Waals surface area contributed by atoms with E-state index < -0.39 is 17.3 Å². The molecule has 2 N–H and O–H groups in total. The van der Waals surface area contributed by atoms with Crippen molar-refractivity contribution < 1.29 is 13.2 Å². The Morgan fingerprint density at radius 2 is 1.96 bits per heavy atom. The summed E-state index contributed by atoms with van der Waals surface area (Å²) in [6, 6.07) is 0.837. The molecule has 0 radical (unpaired) electrons. The van der Waals surface area contributed by atoms with Gasteiger partial charge in [-0.05, 0) is 18.9 Å². The van der Waals surface area contributed by atoms with E-state index in [0.29, 0.717) is 0 Å². The van der Waals surface area contributed by atoms with Gasteiger partial charge in [0.15, 0.2) is 5.82 Å². The second kappa shape index (κ2) is 5.97. The van der Waals surface area contributed by atoms with Crippen LogP contribution in [0.2, 0.25) is 0 Å². The third kappa shape index (κ3) is 3.69. The number of rotatable bonds is 4. The zero-order valence-corrected chi connectivity index (χ0v) is 13.6. The summed E-state index contributed by atoms with van der Waals surface area (Å²) in [5.41, 5.74) is 3.38. The van der Waals surface area contributed by atoms with Gasteiger partial charge in [-0.1, -0.05) is 0 Å². The van der Waals surface area contributed by atoms with Crippen molar-refractivity contribution in [1.29, 1.82) is 0 Å². The van der Waals surface area contributed by atoms with Crippen molar-refractivity contribution in [2.75, 3.05) is 24.7 Å². The van der Waals surface area contributed by atoms with Crippen LogP contribution in [0.25, 0.3) is 0 Å². The number of nitrogen functional groups attached to an aromatic ring is 1. The first kappa shape index (κ1) is 17.1. The fraction of sp³-hybridized carbons (Fsp3) is 0.500. The predicted octanol–water partition coefficient (Wildman–Crippen LogP) is 1.02. The van der Waals surface area contributed by atoms with Crippen molar-refractivity contribution in [3.63, 3.8) is 0 Å². The molecule has 0 aliphatic heterocycles. The molecule has 0 aromatic carbocycles. The molecule has 0 unspecified atom stereocenters. The largest absolute Gasteiger partial charge is 0.421 e. The van der Waals surface area contributed by atoms with Crippen molar-refractivity contribution in [3.05, 3.63) is 33.5 Å². The van der Waals surface area contributed by atoms with E-state index >= 15 is 0 Å². The summed E-state index contributed by atoms with van der Waals surface area (Å²) < 4.78 is 40.2. The van der Waals surface area contributed by atoms with Crippen LogP contribution in [0.1, 0.15) is 35.8 Å². The molecular formula is C14H16F3N7O. The molecule has 1 fully saturated rings. The first-order valence-corrected chi connectivity index (χ1v) is 7.52. The van der Waals surface area contributed by atoms with Crippen molar-refractivity contribution >= 4 is 11.9 Å². The number of anilines is 2. The Bertz CT molecular complexity index is 858. The van der Waals surface area contributed by atoms with Gasteiger partial charge in [0.2, 0.25) is 11.9 Å². The van der Waals surface area contributed by atoms with E-state index in [4.69, 9.17) is 5.73 Å². The van der Waals surface area contributed by atoms with Crippen LogP contribution in [0.15, 0.2) is 10.9 Å². The van der Waals surface area contributed by atoms with Crippen LogP contribution in [0.4, 0.5) is 25.1 Å². The maximum absolute atomic E-state index is 13.2. The summed E-state index contributed by atoms with van der Waals surface area (Å²) in [6.07, 6.45) is -3.24. The molecule has 0 spiro atoms. The molecule has 0 bridgehead atoms. The summed E-state index contributed by atoms with van der Waals surface area (Å²) in [6.45, 7) is -0.323. The topological polar surface area (TPSA) is 103 Å². The lowest BCUT2D eigenvalue weighted by Gasteiger charge is -2.14. The summed E-state index contributed by atoms with van der Waals surface area (Å²) >= 11 is 0. The average Bonchev–Trinajstić information content (AvgIpc) is 3.32. The Hall–Kier alpha value is -2.72. The third-order valence-electron chi connectivity index (χ3n) is 3.67. The highest BCUT2D eigenvalue weighted by Crippen LogP contribution is 2.40. The maximum atomic E-state index is 13.2. The molecule has 1 aliphatic rings. The molecule has 0 saturated heterocycles. The Morgan fingerprint density at radius 3 is 2.52 bits per heavy atom. The summed E-state index contributed by atoms with van der Waals surface area (Å²) in [7, 11) is 3.36. The zero-order chi connectivity index (χ0) is 18.4. The average molecular weight is 355 g/mol. The summed E-state index contributed by atoms with van der Waals surface area (Å²) in [5.74, 6) is 0.168. The lowest BCUT2D eigenvalue weighted by Crippen LogP contribution is -2.32. The molecule has 1 saturated carbocycles. The van der Waals surface area contributed by atoms with Crippen LogP contribution in [0.3, 0.4) is 0 Å². The van der Waals surface area contributed by atoms with Gasteiger partial charge >= 0.3 is 6.18 Å². The van der Waals surface area contributed by atoms with Crippen LogP contribution in [0.5, 0.6) is 0 Å². The van der Waals surface area contributed by atoms with E-state index in [-0.39, 0.29) is 35.9 Å². The molecule has 25 heavy (non-hydrogen) atoms. The van der Waals surface area contributed by atoms with Gasteiger partial charge < -0.3 is 10.6 Å². The van der Waals surface area contributed by atoms with Gasteiger partial charge in [-0.25, -0.2) is 4.68 Å². The fourth-order valence-electron chi connectivity index (χ4n) is 2.28. The number of aromatic nitrogens is 5. The highest BCUT2D eigenvalue weighted by Gasteiger charge is 2.37. The Balaban J connectivity index is 2.05. The van der Waals surface area contributed by atoms with Crippen LogP contribution in [-0.4, -0.2) is 38.8 Å². The van der Waals surface area contributed by atoms with Crippen LogP contribution >= 0.6 is 0 Å². The minimum absolute atomic E-state index is 0.0475. The molecule has 2 aromatic rings. The van der Waals surface area contributed by atoms with Crippen molar-refractivity contribution in [3.8, 4) is 0 Å². The third-order valence-corrected chi connectivity index (χ3v) is 3.67. The number of hydrogen-bond acceptors (Lipinski definition) is 7. The highest BCUT2D eigenvalue weighted by molar-refractivity contribution is 5.32. The summed E-state index contributed by atoms with van der Waals surface area (Å²) in [4.78, 5) is 25.6. The van der Waals surface area contributed by atoms with Crippen molar-refractivity contribution in [2.24, 2.45) is 0 Å². The second-order valence-electron chi connectivity index (χ2n) is 6.02. The monoisotopic (exact) mass is 355 g/mol. The lowest BCUT2D eigenvalue weighted by atomic mass is 10.2. The number of halogens is 3. The SMILES string of the molecule is CN(C)c1nc(N)nc(Cn2nc(C3CC3)cc(C(F)(F)F)c2=O)n1. The van der Waals surface area contributed by atoms with Gasteiger partial charge in [0.05, 0.1) is 5.69 Å². The molecule has 134 valence electrons. The van der Waals surface area contributed by atoms with Gasteiger partial charge in [0, 0.05) is 20.0 Å². The molecule has 11 heteroatoms. The second-order valence-corrected chi connectivity index (χ2v) is 6.02. The summed E-state index contributed by atoms with van der Waals surface area (Å²) in [5, 5.41) is 4.06. The zero-order valence-electron chi connectivity index (χ0n) is 13.6. The van der Waals surface area contributed by atoms with Gasteiger partial charge in [-0.2, -0.15) is 33.2 Å². The quantitative estimate of drug-likeness (QED) is 0.873. The van der Waals surface area contributed by atoms with E-state index in [0.717, 1.165) is 23.6 Å². The van der Waals surface area contributed by atoms with E-state index in [2.05, 4.69) is 20.1 Å². The van der Waals surface area contributed by atoms with Crippen molar-refractivity contribution in [2.45, 2.75) is 31.5 Å². The molecule has 2 aromatic heterocycles. The fourth-order valence-corrected chi connectivity index (χ4v) is 2.28. The number of hydrogen-bond donors (Lipinski definition) is 1. The first-order chi connectivity index (χ1) is 11.6. The number of alkyl halides is 3. The molecule has 2 heterocycles. The van der Waals surface area contributed by atoms with Crippen molar-refractivity contribution in [1.82, 2.24) is 24.7 Å². The molecule has 3 rings (SSSR count). The Labute approximate surface area is 140 Å². The predicted molar refractivity (Wildman–Crippen MR) is 83.1 cm³/mol. The first-order valence-electron chi connectivity index (χ1n) is 7.52. The number of nitrogens with zero attached hydrogens (tertiary/aromatic N) is 6. The standard InChI is InChI=1S/C14H16F3N7O/c1-23(2)13-20-10(19-12(18)21-13)6-24-11(25)8(14(15,16)17)5-9(22-24)7-3-4-7/h5,7H,3-4,6H2,1-2H3,(H2,18,19,20,21). The molecular weight excluding hydrogens is 339 g/mol. The van der Waals surface area contributed by atoms with Gasteiger partial charge in [0.1, 0.15) is 12.1 Å². The normalized spacial score (nSPS) is 14.6. The number of nitrogens with two attached hydrogens (primary N) is 1.